The summed E-state index contributed by atoms with van der Waals surface area (Å²) in [5, 5.41) is 11.5. The number of carboxylic acids is 1. The molecule has 1 aromatic carbocycles. The number of amides is 1. The first-order valence-corrected chi connectivity index (χ1v) is 4.75. The van der Waals surface area contributed by atoms with Crippen LogP contribution in [0.3, 0.4) is 0 Å². The van der Waals surface area contributed by atoms with Gasteiger partial charge in [-0.3, -0.25) is 9.59 Å². The Labute approximate surface area is 86.9 Å². The SMILES string of the molecule is O=C(O)[C@@H]1C(=O)NC[C@H]1c1ccccc1. The first-order valence-electron chi connectivity index (χ1n) is 4.75. The van der Waals surface area contributed by atoms with E-state index in [1.807, 2.05) is 30.3 Å². The van der Waals surface area contributed by atoms with E-state index in [9.17, 15) is 9.59 Å². The van der Waals surface area contributed by atoms with Crippen LogP contribution in [0.15, 0.2) is 30.3 Å². The molecule has 0 radical (unpaired) electrons. The van der Waals surface area contributed by atoms with Gasteiger partial charge in [0.2, 0.25) is 5.91 Å². The summed E-state index contributed by atoms with van der Waals surface area (Å²) in [5.41, 5.74) is 0.892. The monoisotopic (exact) mass is 205 g/mol. The molecule has 1 fully saturated rings. The second-order valence-electron chi connectivity index (χ2n) is 3.58. The summed E-state index contributed by atoms with van der Waals surface area (Å²) in [7, 11) is 0. The molecule has 1 aliphatic rings. The molecular weight excluding hydrogens is 194 g/mol. The van der Waals surface area contributed by atoms with Crippen molar-refractivity contribution in [3.05, 3.63) is 35.9 Å². The van der Waals surface area contributed by atoms with Crippen molar-refractivity contribution in [3.63, 3.8) is 0 Å². The van der Waals surface area contributed by atoms with Crippen molar-refractivity contribution in [1.82, 2.24) is 5.32 Å². The predicted molar refractivity (Wildman–Crippen MR) is 53.3 cm³/mol. The lowest BCUT2D eigenvalue weighted by molar-refractivity contribution is -0.145. The molecule has 0 saturated carbocycles. The lowest BCUT2D eigenvalue weighted by Gasteiger charge is -2.12. The summed E-state index contributed by atoms with van der Waals surface area (Å²) in [6.45, 7) is 0.403. The van der Waals surface area contributed by atoms with Gasteiger partial charge in [-0.15, -0.1) is 0 Å². The summed E-state index contributed by atoms with van der Waals surface area (Å²) in [6.07, 6.45) is 0. The maximum atomic E-state index is 11.3. The molecule has 4 nitrogen and oxygen atoms in total. The second kappa shape index (κ2) is 3.73. The van der Waals surface area contributed by atoms with E-state index >= 15 is 0 Å². The minimum atomic E-state index is -1.06. The fourth-order valence-electron chi connectivity index (χ4n) is 1.92. The van der Waals surface area contributed by atoms with Crippen LogP contribution in [-0.4, -0.2) is 23.5 Å². The van der Waals surface area contributed by atoms with Crippen molar-refractivity contribution >= 4 is 11.9 Å². The van der Waals surface area contributed by atoms with E-state index in [4.69, 9.17) is 5.11 Å². The molecule has 0 aliphatic carbocycles. The fraction of sp³-hybridized carbons (Fsp3) is 0.273. The maximum Gasteiger partial charge on any atom is 0.316 e. The van der Waals surface area contributed by atoms with E-state index in [1.54, 1.807) is 0 Å². The number of rotatable bonds is 2. The van der Waals surface area contributed by atoms with Crippen LogP contribution in [0, 0.1) is 5.92 Å². The molecule has 4 heteroatoms. The molecule has 2 N–H and O–H groups in total. The van der Waals surface area contributed by atoms with E-state index in [1.165, 1.54) is 0 Å². The molecular formula is C11H11NO3. The van der Waals surface area contributed by atoms with Crippen molar-refractivity contribution < 1.29 is 14.7 Å². The van der Waals surface area contributed by atoms with Crippen molar-refractivity contribution in [2.75, 3.05) is 6.54 Å². The van der Waals surface area contributed by atoms with E-state index in [0.29, 0.717) is 6.54 Å². The minimum absolute atomic E-state index is 0.254. The standard InChI is InChI=1S/C11H11NO3/c13-10-9(11(14)15)8(6-12-10)7-4-2-1-3-5-7/h1-5,8-9H,6H2,(H,12,13)(H,14,15)/t8-,9-/m0/s1. The van der Waals surface area contributed by atoms with Gasteiger partial charge in [-0.05, 0) is 5.56 Å². The smallest absolute Gasteiger partial charge is 0.316 e. The van der Waals surface area contributed by atoms with Gasteiger partial charge in [0.1, 0.15) is 5.92 Å². The number of hydrogen-bond donors (Lipinski definition) is 2. The fourth-order valence-corrected chi connectivity index (χ4v) is 1.92. The zero-order valence-electron chi connectivity index (χ0n) is 8.01. The first-order chi connectivity index (χ1) is 7.20. The maximum absolute atomic E-state index is 11.3. The van der Waals surface area contributed by atoms with E-state index < -0.39 is 17.8 Å². The molecule has 78 valence electrons. The normalized spacial score (nSPS) is 24.9. The van der Waals surface area contributed by atoms with Crippen molar-refractivity contribution in [2.24, 2.45) is 5.92 Å². The summed E-state index contributed by atoms with van der Waals surface area (Å²) in [5.74, 6) is -2.65. The summed E-state index contributed by atoms with van der Waals surface area (Å²) in [4.78, 5) is 22.2. The third-order valence-corrected chi connectivity index (χ3v) is 2.67. The van der Waals surface area contributed by atoms with Gasteiger partial charge in [0.05, 0.1) is 0 Å². The number of carbonyl (C=O) groups excluding carboxylic acids is 1. The van der Waals surface area contributed by atoms with Crippen LogP contribution >= 0.6 is 0 Å². The minimum Gasteiger partial charge on any atom is -0.481 e. The lowest BCUT2D eigenvalue weighted by atomic mass is 9.89. The molecule has 2 rings (SSSR count). The summed E-state index contributed by atoms with van der Waals surface area (Å²) < 4.78 is 0. The summed E-state index contributed by atoms with van der Waals surface area (Å²) in [6, 6.07) is 9.25. The van der Waals surface area contributed by atoms with Gasteiger partial charge in [0.25, 0.3) is 0 Å². The number of benzene rings is 1. The van der Waals surface area contributed by atoms with Gasteiger partial charge in [0.15, 0.2) is 0 Å². The van der Waals surface area contributed by atoms with Crippen LogP contribution in [-0.2, 0) is 9.59 Å². The first kappa shape index (κ1) is 9.71. The molecule has 1 saturated heterocycles. The van der Waals surface area contributed by atoms with Gasteiger partial charge < -0.3 is 10.4 Å². The topological polar surface area (TPSA) is 66.4 Å². The quantitative estimate of drug-likeness (QED) is 0.695. The van der Waals surface area contributed by atoms with Crippen molar-refractivity contribution in [1.29, 1.82) is 0 Å². The van der Waals surface area contributed by atoms with Crippen LogP contribution in [0.1, 0.15) is 11.5 Å². The Kier molecular flexibility index (Phi) is 2.41. The average Bonchev–Trinajstić information content (AvgIpc) is 2.61. The highest BCUT2D eigenvalue weighted by molar-refractivity contribution is 5.99. The highest BCUT2D eigenvalue weighted by Gasteiger charge is 2.40. The zero-order chi connectivity index (χ0) is 10.8. The Balaban J connectivity index is 2.30. The van der Waals surface area contributed by atoms with Crippen LogP contribution in [0.4, 0.5) is 0 Å². The van der Waals surface area contributed by atoms with Gasteiger partial charge in [-0.25, -0.2) is 0 Å². The molecule has 0 spiro atoms. The lowest BCUT2D eigenvalue weighted by Crippen LogP contribution is -2.26. The summed E-state index contributed by atoms with van der Waals surface area (Å²) >= 11 is 0. The van der Waals surface area contributed by atoms with Crippen LogP contribution in [0.2, 0.25) is 0 Å². The van der Waals surface area contributed by atoms with Crippen LogP contribution < -0.4 is 5.32 Å². The third kappa shape index (κ3) is 1.70. The molecule has 0 unspecified atom stereocenters. The van der Waals surface area contributed by atoms with Gasteiger partial charge in [0, 0.05) is 12.5 Å². The van der Waals surface area contributed by atoms with Crippen molar-refractivity contribution in [2.45, 2.75) is 5.92 Å². The van der Waals surface area contributed by atoms with Crippen molar-refractivity contribution in [3.8, 4) is 0 Å². The molecule has 1 aliphatic heterocycles. The average molecular weight is 205 g/mol. The van der Waals surface area contributed by atoms with Gasteiger partial charge >= 0.3 is 5.97 Å². The zero-order valence-corrected chi connectivity index (χ0v) is 8.01. The Morgan fingerprint density at radius 3 is 2.60 bits per heavy atom. The van der Waals surface area contributed by atoms with Crippen LogP contribution in [0.5, 0.6) is 0 Å². The Hall–Kier alpha value is -1.84. The molecule has 1 amide bonds. The highest BCUT2D eigenvalue weighted by atomic mass is 16.4. The number of hydrogen-bond acceptors (Lipinski definition) is 2. The highest BCUT2D eigenvalue weighted by Crippen LogP contribution is 2.28. The van der Waals surface area contributed by atoms with Crippen LogP contribution in [0.25, 0.3) is 0 Å². The van der Waals surface area contributed by atoms with E-state index in [2.05, 4.69) is 5.32 Å². The third-order valence-electron chi connectivity index (χ3n) is 2.67. The largest absolute Gasteiger partial charge is 0.481 e. The Morgan fingerprint density at radius 1 is 1.33 bits per heavy atom. The molecule has 1 heterocycles. The predicted octanol–water partition coefficient (Wildman–Crippen LogP) is 0.601. The second-order valence-corrected chi connectivity index (χ2v) is 3.58. The number of carbonyl (C=O) groups is 2. The van der Waals surface area contributed by atoms with Gasteiger partial charge in [-0.2, -0.15) is 0 Å². The molecule has 15 heavy (non-hydrogen) atoms. The number of aliphatic carboxylic acids is 1. The Morgan fingerprint density at radius 2 is 2.00 bits per heavy atom. The van der Waals surface area contributed by atoms with Gasteiger partial charge in [-0.1, -0.05) is 30.3 Å². The van der Waals surface area contributed by atoms with E-state index in [0.717, 1.165) is 5.56 Å². The Bertz CT molecular complexity index is 388. The number of carboxylic acid groups (broad SMARTS) is 1. The van der Waals surface area contributed by atoms with E-state index in [-0.39, 0.29) is 5.92 Å². The molecule has 0 bridgehead atoms. The molecule has 2 atom stereocenters. The molecule has 1 aromatic rings. The molecule has 0 aromatic heterocycles. The number of nitrogens with one attached hydrogen (secondary N) is 1.